The minimum absolute atomic E-state index is 0.0217. The number of methoxy groups -OCH3 is 1. The van der Waals surface area contributed by atoms with E-state index in [1.54, 1.807) is 105 Å². The molecule has 0 spiro atoms. The van der Waals surface area contributed by atoms with Crippen molar-refractivity contribution in [3.63, 3.8) is 0 Å². The van der Waals surface area contributed by atoms with Gasteiger partial charge in [-0.15, -0.1) is 4.33 Å². The number of benzene rings is 12. The number of rotatable bonds is 25. The Morgan fingerprint density at radius 3 is 1.11 bits per heavy atom. The second-order valence-corrected chi connectivity index (χ2v) is 26.9. The van der Waals surface area contributed by atoms with E-state index < -0.39 is 26.2 Å². The van der Waals surface area contributed by atoms with Crippen LogP contribution in [0, 0.1) is 13.8 Å². The van der Waals surface area contributed by atoms with E-state index in [4.69, 9.17) is 28.9 Å². The van der Waals surface area contributed by atoms with Gasteiger partial charge in [-0.25, -0.2) is 5.26 Å². The maximum atomic E-state index is 13.3. The maximum Gasteiger partial charge on any atom is 0.294 e. The molecule has 0 fully saturated rings. The molecule has 12 aromatic carbocycles. The zero-order valence-corrected chi connectivity index (χ0v) is 58.3. The molecule has 1 unspecified atom stereocenters. The Bertz CT molecular complexity index is 5060. The number of aryl methyl sites for hydroxylation is 2. The highest BCUT2D eigenvalue weighted by Gasteiger charge is 2.32. The lowest BCUT2D eigenvalue weighted by Gasteiger charge is -2.32. The Labute approximate surface area is 596 Å². The number of hydrogen-bond donors (Lipinski definition) is 2. The van der Waals surface area contributed by atoms with Gasteiger partial charge in [0.1, 0.15) is 51.7 Å². The standard InChI is InChI=1S/C44H36O5.C41H34O10S2/c1-29-8-10-32(11-9-29)42(46)34-6-5-7-35(28-34)43(47)33-14-22-39(23-15-33)49-41-26-18-37(19-27-41)44(3,4)36-16-24-40(25-17-36)48-38-20-12-31(13-21-38)30(2)45;1-27-7-16-34(17-8-27)48-35-20-12-31(13-21-35)41(2,30-10-18-33(47-3)19-11-30)32-14-22-36(23-15-32)49-38-24-9-29(26-39(38)52-51-50-43)40(42)28-5-4-6-37(25-28)53(44,45)46/h5-28H,1-4H3;4-26,43H,1-3H3,(H,44,45,46). The van der Waals surface area contributed by atoms with Gasteiger partial charge in [0.05, 0.1) is 28.9 Å². The molecule has 102 heavy (non-hydrogen) atoms. The van der Waals surface area contributed by atoms with Crippen molar-refractivity contribution in [3.8, 4) is 51.7 Å². The van der Waals surface area contributed by atoms with Gasteiger partial charge in [0, 0.05) is 49.8 Å². The van der Waals surface area contributed by atoms with Gasteiger partial charge in [-0.1, -0.05) is 157 Å². The predicted octanol–water partition coefficient (Wildman–Crippen LogP) is 20.4. The lowest BCUT2D eigenvalue weighted by atomic mass is 9.71. The molecule has 0 aliphatic rings. The van der Waals surface area contributed by atoms with E-state index in [2.05, 4.69) is 54.4 Å². The Balaban J connectivity index is 0.000000206. The van der Waals surface area contributed by atoms with Crippen LogP contribution < -0.4 is 23.7 Å². The van der Waals surface area contributed by atoms with Crippen molar-refractivity contribution in [1.29, 1.82) is 0 Å². The molecule has 17 heteroatoms. The van der Waals surface area contributed by atoms with Crippen LogP contribution in [0.3, 0.4) is 0 Å². The third-order valence-corrected chi connectivity index (χ3v) is 18.9. The highest BCUT2D eigenvalue weighted by atomic mass is 32.2. The first-order chi connectivity index (χ1) is 49.0. The summed E-state index contributed by atoms with van der Waals surface area (Å²) in [5.74, 6) is 4.85. The summed E-state index contributed by atoms with van der Waals surface area (Å²) >= 11 is 0.602. The van der Waals surface area contributed by atoms with Crippen molar-refractivity contribution < 1.29 is 70.5 Å². The van der Waals surface area contributed by atoms with Crippen molar-refractivity contribution in [2.45, 2.75) is 62.2 Å². The summed E-state index contributed by atoms with van der Waals surface area (Å²) in [4.78, 5) is 50.9. The number of ether oxygens (including phenoxy) is 5. The highest BCUT2D eigenvalue weighted by molar-refractivity contribution is 7.94. The Morgan fingerprint density at radius 2 is 0.696 bits per heavy atom. The van der Waals surface area contributed by atoms with Crippen molar-refractivity contribution in [2.75, 3.05) is 7.11 Å². The van der Waals surface area contributed by atoms with E-state index in [0.29, 0.717) is 74.4 Å². The Hall–Kier alpha value is -11.5. The number of carbonyl (C=O) groups is 4. The van der Waals surface area contributed by atoms with E-state index >= 15 is 0 Å². The van der Waals surface area contributed by atoms with E-state index in [1.165, 1.54) is 30.3 Å². The van der Waals surface area contributed by atoms with Gasteiger partial charge < -0.3 is 23.7 Å². The summed E-state index contributed by atoms with van der Waals surface area (Å²) in [6.07, 6.45) is 0. The van der Waals surface area contributed by atoms with Crippen LogP contribution in [0.25, 0.3) is 0 Å². The highest BCUT2D eigenvalue weighted by Crippen LogP contribution is 2.43. The number of carbonyl (C=O) groups excluding carboxylic acids is 4. The summed E-state index contributed by atoms with van der Waals surface area (Å²) in [5.41, 5.74) is 9.50. The monoisotopic (exact) mass is 1390 g/mol. The van der Waals surface area contributed by atoms with E-state index in [1.807, 2.05) is 147 Å². The minimum Gasteiger partial charge on any atom is -0.497 e. The molecule has 0 saturated heterocycles. The number of hydrogen-bond acceptors (Lipinski definition) is 15. The van der Waals surface area contributed by atoms with Crippen molar-refractivity contribution in [2.24, 2.45) is 0 Å². The molecule has 0 aliphatic heterocycles. The summed E-state index contributed by atoms with van der Waals surface area (Å²) in [5, 5.41) is 12.6. The van der Waals surface area contributed by atoms with Gasteiger partial charge in [-0.3, -0.25) is 23.7 Å². The zero-order chi connectivity index (χ0) is 72.1. The molecule has 0 radical (unpaired) electrons. The fraction of sp³-hybridized carbons (Fsp3) is 0.106. The molecule has 12 aromatic rings. The van der Waals surface area contributed by atoms with E-state index in [-0.39, 0.29) is 44.5 Å². The lowest BCUT2D eigenvalue weighted by molar-refractivity contribution is -0.432. The molecule has 0 saturated carbocycles. The lowest BCUT2D eigenvalue weighted by Crippen LogP contribution is -2.25. The van der Waals surface area contributed by atoms with Crippen LogP contribution in [0.1, 0.15) is 125 Å². The Kier molecular flexibility index (Phi) is 22.3. The van der Waals surface area contributed by atoms with Crippen molar-refractivity contribution in [1.82, 2.24) is 0 Å². The van der Waals surface area contributed by atoms with Crippen molar-refractivity contribution in [3.05, 3.63) is 363 Å². The second-order valence-electron chi connectivity index (χ2n) is 24.7. The third-order valence-electron chi connectivity index (χ3n) is 17.5. The van der Waals surface area contributed by atoms with Crippen LogP contribution in [0.4, 0.5) is 0 Å². The minimum atomic E-state index is -4.51. The van der Waals surface area contributed by atoms with Crippen LogP contribution in [0.15, 0.2) is 295 Å². The maximum absolute atomic E-state index is 13.3. The first-order valence-electron chi connectivity index (χ1n) is 32.3. The normalized spacial score (nSPS) is 11.8. The molecule has 0 amide bonds. The van der Waals surface area contributed by atoms with Gasteiger partial charge in [0.15, 0.2) is 23.1 Å². The fourth-order valence-electron chi connectivity index (χ4n) is 11.4. The molecule has 1 atom stereocenters. The summed E-state index contributed by atoms with van der Waals surface area (Å²) < 4.78 is 67.1. The molecule has 0 aliphatic carbocycles. The quantitative estimate of drug-likeness (QED) is 0.0136. The van der Waals surface area contributed by atoms with Gasteiger partial charge >= 0.3 is 0 Å². The van der Waals surface area contributed by atoms with Crippen molar-refractivity contribution >= 4 is 45.3 Å². The smallest absolute Gasteiger partial charge is 0.294 e. The van der Waals surface area contributed by atoms with Crippen LogP contribution >= 0.6 is 12.0 Å². The SMILES string of the molecule is CC(=O)c1ccc(Oc2ccc(C(C)(C)c3ccc(Oc4ccc(C(=O)c5cccc(C(=O)c6ccc(C)cc6)c5)cc4)cc3)cc2)cc1.COc1ccc(C(C)(c2ccc(Oc3ccc(C)cc3)cc2)c2ccc(Oc3ccc(C(=O)c4cccc(S(=O)(=O)O)c4)cc3SOOO)cc2)cc1. The number of ketones is 4. The molecular formula is C85H70O15S2. The first-order valence-corrected chi connectivity index (χ1v) is 34.5. The molecule has 0 aromatic heterocycles. The third kappa shape index (κ3) is 17.4. The summed E-state index contributed by atoms with van der Waals surface area (Å²) in [7, 11) is -2.89. The van der Waals surface area contributed by atoms with Gasteiger partial charge in [-0.2, -0.15) is 8.42 Å². The first kappa shape index (κ1) is 71.7. The molecule has 2 N–H and O–H groups in total. The molecule has 0 heterocycles. The predicted molar refractivity (Wildman–Crippen MR) is 392 cm³/mol. The average Bonchev–Trinajstić information content (AvgIpc) is 0.764. The summed E-state index contributed by atoms with van der Waals surface area (Å²) in [6.45, 7) is 12.0. The Morgan fingerprint density at radius 1 is 0.373 bits per heavy atom. The molecule has 0 bridgehead atoms. The second kappa shape index (κ2) is 31.8. The van der Waals surface area contributed by atoms with Gasteiger partial charge in [0.25, 0.3) is 10.1 Å². The summed E-state index contributed by atoms with van der Waals surface area (Å²) in [6, 6.07) is 85.3. The van der Waals surface area contributed by atoms with Gasteiger partial charge in [-0.05, 0) is 213 Å². The molecular weight excluding hydrogens is 1330 g/mol. The molecule has 15 nitrogen and oxygen atoms in total. The topological polar surface area (TPSA) is 207 Å². The average molecular weight is 1400 g/mol. The van der Waals surface area contributed by atoms with Crippen LogP contribution in [0.2, 0.25) is 0 Å². The molecule has 12 rings (SSSR count). The zero-order valence-electron chi connectivity index (χ0n) is 56.7. The van der Waals surface area contributed by atoms with E-state index in [9.17, 15) is 32.1 Å². The van der Waals surface area contributed by atoms with Crippen LogP contribution in [-0.4, -0.2) is 48.5 Å². The van der Waals surface area contributed by atoms with E-state index in [0.717, 1.165) is 56.5 Å². The van der Waals surface area contributed by atoms with Gasteiger partial charge in [0.2, 0.25) is 0 Å². The van der Waals surface area contributed by atoms with Crippen LogP contribution in [-0.2, 0) is 30.3 Å². The number of Topliss-reactive ketones (excluding diaryl/α,β-unsaturated/α-hetero) is 1. The van der Waals surface area contributed by atoms with Crippen LogP contribution in [0.5, 0.6) is 51.7 Å². The largest absolute Gasteiger partial charge is 0.497 e. The molecule has 512 valence electrons. The fourth-order valence-corrected chi connectivity index (χ4v) is 12.4.